The van der Waals surface area contributed by atoms with Gasteiger partial charge in [-0.15, -0.1) is 0 Å². The second-order valence-electron chi connectivity index (χ2n) is 6.25. The molecule has 1 saturated carbocycles. The van der Waals surface area contributed by atoms with E-state index in [0.29, 0.717) is 0 Å². The number of ketones is 1. The van der Waals surface area contributed by atoms with Crippen molar-refractivity contribution < 1.29 is 9.53 Å². The zero-order chi connectivity index (χ0) is 12.4. The minimum absolute atomic E-state index is 0.120. The van der Waals surface area contributed by atoms with Crippen LogP contribution in [0.2, 0.25) is 0 Å². The number of carbonyl (C=O) groups is 1. The predicted octanol–water partition coefficient (Wildman–Crippen LogP) is 2.89. The minimum Gasteiger partial charge on any atom is -0.380 e. The van der Waals surface area contributed by atoms with Crippen molar-refractivity contribution in [3.05, 3.63) is 23.3 Å². The van der Waals surface area contributed by atoms with Crippen molar-refractivity contribution in [2.75, 3.05) is 7.11 Å². The van der Waals surface area contributed by atoms with Crippen LogP contribution in [0.25, 0.3) is 0 Å². The molecule has 0 amide bonds. The van der Waals surface area contributed by atoms with Gasteiger partial charge in [-0.2, -0.15) is 0 Å². The van der Waals surface area contributed by atoms with E-state index < -0.39 is 0 Å². The van der Waals surface area contributed by atoms with E-state index in [1.54, 1.807) is 13.2 Å². The Balaban J connectivity index is 2.20. The molecule has 0 aliphatic heterocycles. The van der Waals surface area contributed by atoms with Crippen LogP contribution in [0.4, 0.5) is 0 Å². The van der Waals surface area contributed by atoms with Gasteiger partial charge >= 0.3 is 0 Å². The van der Waals surface area contributed by atoms with E-state index in [-0.39, 0.29) is 28.6 Å². The maximum absolute atomic E-state index is 12.0. The lowest BCUT2D eigenvalue weighted by molar-refractivity contribution is -0.113. The molecule has 2 heteroatoms. The van der Waals surface area contributed by atoms with Crippen LogP contribution in [0.1, 0.15) is 33.6 Å². The molecule has 0 radical (unpaired) electrons. The van der Waals surface area contributed by atoms with Crippen molar-refractivity contribution in [3.8, 4) is 0 Å². The summed E-state index contributed by atoms with van der Waals surface area (Å²) in [6, 6.07) is 0. The maximum atomic E-state index is 12.0. The molecule has 0 heterocycles. The van der Waals surface area contributed by atoms with Crippen molar-refractivity contribution >= 4 is 5.78 Å². The normalized spacial score (nSPS) is 36.6. The molecule has 1 spiro atoms. The summed E-state index contributed by atoms with van der Waals surface area (Å²) >= 11 is 0. The first-order valence-electron chi connectivity index (χ1n) is 6.42. The second kappa shape index (κ2) is 3.11. The first-order chi connectivity index (χ1) is 7.95. The number of carbonyl (C=O) groups excluding carboxylic acids is 1. The van der Waals surface area contributed by atoms with Gasteiger partial charge in [-0.1, -0.05) is 25.5 Å². The second-order valence-corrected chi connectivity index (χ2v) is 6.25. The third-order valence-corrected chi connectivity index (χ3v) is 5.45. The third-order valence-electron chi connectivity index (χ3n) is 5.45. The van der Waals surface area contributed by atoms with Crippen molar-refractivity contribution in [1.29, 1.82) is 0 Å². The highest BCUT2D eigenvalue weighted by atomic mass is 16.5. The molecular weight excluding hydrogens is 212 g/mol. The average molecular weight is 232 g/mol. The molecule has 0 bridgehead atoms. The number of fused-ring (bicyclic) bond motifs is 1. The van der Waals surface area contributed by atoms with Gasteiger partial charge in [-0.05, 0) is 31.3 Å². The SMILES string of the molecule is COC1C2C=CC(=O)C2=C(C)C2(CC2)C1(C)C. The maximum Gasteiger partial charge on any atom is 0.182 e. The van der Waals surface area contributed by atoms with Crippen LogP contribution in [0.15, 0.2) is 23.3 Å². The van der Waals surface area contributed by atoms with Crippen LogP contribution < -0.4 is 0 Å². The Morgan fingerprint density at radius 2 is 2.00 bits per heavy atom. The number of ether oxygens (including phenoxy) is 1. The lowest BCUT2D eigenvalue weighted by atomic mass is 9.59. The lowest BCUT2D eigenvalue weighted by Crippen LogP contribution is -2.48. The number of hydrogen-bond donors (Lipinski definition) is 0. The van der Waals surface area contributed by atoms with Gasteiger partial charge in [0.25, 0.3) is 0 Å². The fraction of sp³-hybridized carbons (Fsp3) is 0.667. The quantitative estimate of drug-likeness (QED) is 0.695. The largest absolute Gasteiger partial charge is 0.380 e. The summed E-state index contributed by atoms with van der Waals surface area (Å²) in [5.41, 5.74) is 2.69. The van der Waals surface area contributed by atoms with Gasteiger partial charge in [0.1, 0.15) is 0 Å². The van der Waals surface area contributed by atoms with E-state index in [9.17, 15) is 4.79 Å². The molecular formula is C15H20O2. The standard InChI is InChI=1S/C15H20O2/c1-9-12-10(5-6-11(12)16)13(17-4)14(2,3)15(9)7-8-15/h5-6,10,13H,7-8H2,1-4H3. The summed E-state index contributed by atoms with van der Waals surface area (Å²) in [4.78, 5) is 12.0. The average Bonchev–Trinajstić information content (AvgIpc) is 2.99. The molecule has 1 fully saturated rings. The van der Waals surface area contributed by atoms with E-state index in [2.05, 4.69) is 20.8 Å². The summed E-state index contributed by atoms with van der Waals surface area (Å²) in [7, 11) is 1.78. The number of methoxy groups -OCH3 is 1. The highest BCUT2D eigenvalue weighted by molar-refractivity contribution is 6.08. The van der Waals surface area contributed by atoms with Gasteiger partial charge in [0, 0.05) is 24.0 Å². The van der Waals surface area contributed by atoms with Crippen LogP contribution in [-0.2, 0) is 9.53 Å². The van der Waals surface area contributed by atoms with Crippen LogP contribution in [0.5, 0.6) is 0 Å². The highest BCUT2D eigenvalue weighted by Crippen LogP contribution is 2.69. The Kier molecular flexibility index (Phi) is 2.05. The molecule has 2 atom stereocenters. The zero-order valence-electron chi connectivity index (χ0n) is 11.0. The molecule has 17 heavy (non-hydrogen) atoms. The summed E-state index contributed by atoms with van der Waals surface area (Å²) in [6.45, 7) is 6.75. The first-order valence-corrected chi connectivity index (χ1v) is 6.42. The molecule has 0 N–H and O–H groups in total. The molecule has 2 unspecified atom stereocenters. The van der Waals surface area contributed by atoms with E-state index >= 15 is 0 Å². The zero-order valence-corrected chi connectivity index (χ0v) is 11.0. The van der Waals surface area contributed by atoms with Crippen LogP contribution in [0.3, 0.4) is 0 Å². The van der Waals surface area contributed by atoms with E-state index in [0.717, 1.165) is 5.57 Å². The van der Waals surface area contributed by atoms with Crippen LogP contribution >= 0.6 is 0 Å². The lowest BCUT2D eigenvalue weighted by Gasteiger charge is -2.48. The fourth-order valence-electron chi connectivity index (χ4n) is 4.28. The number of rotatable bonds is 1. The molecule has 0 aromatic rings. The van der Waals surface area contributed by atoms with Gasteiger partial charge in [0.05, 0.1) is 6.10 Å². The topological polar surface area (TPSA) is 26.3 Å². The van der Waals surface area contributed by atoms with Gasteiger partial charge in [0.15, 0.2) is 5.78 Å². The first kappa shape index (κ1) is 11.2. The van der Waals surface area contributed by atoms with Crippen LogP contribution in [0, 0.1) is 16.7 Å². The Bertz CT molecular complexity index is 450. The van der Waals surface area contributed by atoms with Crippen molar-refractivity contribution in [2.45, 2.75) is 39.7 Å². The molecule has 92 valence electrons. The molecule has 0 aromatic heterocycles. The van der Waals surface area contributed by atoms with Crippen molar-refractivity contribution in [1.82, 2.24) is 0 Å². The Morgan fingerprint density at radius 3 is 2.53 bits per heavy atom. The summed E-state index contributed by atoms with van der Waals surface area (Å²) in [5, 5.41) is 0. The number of hydrogen-bond acceptors (Lipinski definition) is 2. The number of allylic oxidation sites excluding steroid dienone is 2. The van der Waals surface area contributed by atoms with Crippen LogP contribution in [-0.4, -0.2) is 19.0 Å². The van der Waals surface area contributed by atoms with E-state index in [1.807, 2.05) is 6.08 Å². The molecule has 0 saturated heterocycles. The molecule has 3 rings (SSSR count). The Labute approximate surface area is 103 Å². The molecule has 0 aromatic carbocycles. The Morgan fingerprint density at radius 1 is 1.35 bits per heavy atom. The third kappa shape index (κ3) is 1.12. The van der Waals surface area contributed by atoms with Gasteiger partial charge in [-0.3, -0.25) is 4.79 Å². The molecule has 3 aliphatic carbocycles. The van der Waals surface area contributed by atoms with Gasteiger partial charge in [-0.25, -0.2) is 0 Å². The summed E-state index contributed by atoms with van der Waals surface area (Å²) < 4.78 is 5.75. The summed E-state index contributed by atoms with van der Waals surface area (Å²) in [6.07, 6.45) is 6.30. The monoisotopic (exact) mass is 232 g/mol. The fourth-order valence-corrected chi connectivity index (χ4v) is 4.28. The highest BCUT2D eigenvalue weighted by Gasteiger charge is 2.64. The van der Waals surface area contributed by atoms with E-state index in [1.165, 1.54) is 18.4 Å². The Hall–Kier alpha value is -0.890. The van der Waals surface area contributed by atoms with Gasteiger partial charge < -0.3 is 4.74 Å². The molecule has 3 aliphatic rings. The predicted molar refractivity (Wildman–Crippen MR) is 66.6 cm³/mol. The molecule has 2 nitrogen and oxygen atoms in total. The minimum atomic E-state index is 0.120. The van der Waals surface area contributed by atoms with Gasteiger partial charge in [0.2, 0.25) is 0 Å². The van der Waals surface area contributed by atoms with Crippen molar-refractivity contribution in [3.63, 3.8) is 0 Å². The summed E-state index contributed by atoms with van der Waals surface area (Å²) in [5.74, 6) is 0.380. The smallest absolute Gasteiger partial charge is 0.182 e. The van der Waals surface area contributed by atoms with E-state index in [4.69, 9.17) is 4.74 Å². The van der Waals surface area contributed by atoms with Crippen molar-refractivity contribution in [2.24, 2.45) is 16.7 Å².